The maximum atomic E-state index is 13.1. The average Bonchev–Trinajstić information content (AvgIpc) is 3.21. The van der Waals surface area contributed by atoms with Crippen LogP contribution in [0.15, 0.2) is 22.7 Å². The van der Waals surface area contributed by atoms with Crippen molar-refractivity contribution in [2.24, 2.45) is 0 Å². The second-order valence-corrected chi connectivity index (χ2v) is 6.45. The Morgan fingerprint density at radius 1 is 1.28 bits per heavy atom. The maximum absolute atomic E-state index is 13.1. The number of nitrogens with zero attached hydrogens (tertiary/aromatic N) is 4. The first-order valence-electron chi connectivity index (χ1n) is 8.19. The third-order valence-electron chi connectivity index (χ3n) is 4.29. The molecule has 2 atom stereocenters. The van der Waals surface area contributed by atoms with Gasteiger partial charge in [-0.2, -0.15) is 5.10 Å². The molecule has 3 heterocycles. The molecule has 1 saturated heterocycles. The van der Waals surface area contributed by atoms with E-state index in [4.69, 9.17) is 9.15 Å². The number of amides is 1. The molecule has 25 heavy (non-hydrogen) atoms. The minimum atomic E-state index is -0.420. The zero-order chi connectivity index (χ0) is 17.6. The molecule has 4 rings (SSSR count). The lowest BCUT2D eigenvalue weighted by atomic mass is 10.1. The highest BCUT2D eigenvalue weighted by Crippen LogP contribution is 2.27. The standard InChI is InChI=1S/C17H19N5O3/c1-9-4-12-6-18-20-15(12)13(5-9)17(23)22-7-10(2)24-14(8-22)16-21-19-11(3)25-16/h4-6,10,14H,7-8H2,1-3H3,(H,18,20)/t10-,14-/m1/s1. The van der Waals surface area contributed by atoms with Gasteiger partial charge in [-0.3, -0.25) is 9.89 Å². The third kappa shape index (κ3) is 2.89. The lowest BCUT2D eigenvalue weighted by molar-refractivity contribution is -0.0796. The van der Waals surface area contributed by atoms with E-state index in [0.717, 1.165) is 16.5 Å². The normalized spacial score (nSPS) is 21.0. The summed E-state index contributed by atoms with van der Waals surface area (Å²) in [5.74, 6) is 0.819. The van der Waals surface area contributed by atoms with E-state index in [1.165, 1.54) is 0 Å². The second kappa shape index (κ2) is 5.96. The molecule has 0 unspecified atom stereocenters. The summed E-state index contributed by atoms with van der Waals surface area (Å²) < 4.78 is 11.4. The molecule has 0 saturated carbocycles. The molecule has 1 aliphatic heterocycles. The third-order valence-corrected chi connectivity index (χ3v) is 4.29. The van der Waals surface area contributed by atoms with E-state index in [-0.39, 0.29) is 12.0 Å². The molecule has 1 fully saturated rings. The molecule has 130 valence electrons. The molecule has 8 nitrogen and oxygen atoms in total. The fraction of sp³-hybridized carbons (Fsp3) is 0.412. The molecule has 8 heteroatoms. The molecule has 0 radical (unpaired) electrons. The van der Waals surface area contributed by atoms with Gasteiger partial charge in [0.05, 0.1) is 29.9 Å². The van der Waals surface area contributed by atoms with Crippen molar-refractivity contribution in [3.05, 3.63) is 41.2 Å². The Bertz CT molecular complexity index is 931. The Balaban J connectivity index is 1.65. The van der Waals surface area contributed by atoms with Crippen molar-refractivity contribution in [1.82, 2.24) is 25.3 Å². The molecule has 2 aromatic heterocycles. The smallest absolute Gasteiger partial charge is 0.256 e. The first-order valence-corrected chi connectivity index (χ1v) is 8.19. The Hall–Kier alpha value is -2.74. The molecule has 1 aliphatic rings. The first kappa shape index (κ1) is 15.8. The number of benzene rings is 1. The number of carbonyl (C=O) groups excluding carboxylic acids is 1. The zero-order valence-electron chi connectivity index (χ0n) is 14.3. The molecule has 0 spiro atoms. The topological polar surface area (TPSA) is 97.1 Å². The molecular weight excluding hydrogens is 322 g/mol. The summed E-state index contributed by atoms with van der Waals surface area (Å²) in [7, 11) is 0. The second-order valence-electron chi connectivity index (χ2n) is 6.45. The number of carbonyl (C=O) groups is 1. The number of hydrogen-bond donors (Lipinski definition) is 1. The highest BCUT2D eigenvalue weighted by atomic mass is 16.5. The molecule has 1 N–H and O–H groups in total. The summed E-state index contributed by atoms with van der Waals surface area (Å²) in [4.78, 5) is 14.9. The van der Waals surface area contributed by atoms with Crippen molar-refractivity contribution in [2.75, 3.05) is 13.1 Å². The predicted molar refractivity (Wildman–Crippen MR) is 89.1 cm³/mol. The van der Waals surface area contributed by atoms with E-state index < -0.39 is 6.10 Å². The van der Waals surface area contributed by atoms with Crippen LogP contribution in [0.3, 0.4) is 0 Å². The van der Waals surface area contributed by atoms with Gasteiger partial charge in [0.25, 0.3) is 5.91 Å². The van der Waals surface area contributed by atoms with Gasteiger partial charge in [-0.15, -0.1) is 10.2 Å². The Morgan fingerprint density at radius 2 is 2.12 bits per heavy atom. The number of aromatic nitrogens is 4. The zero-order valence-corrected chi connectivity index (χ0v) is 14.3. The monoisotopic (exact) mass is 341 g/mol. The van der Waals surface area contributed by atoms with Gasteiger partial charge in [0.2, 0.25) is 11.8 Å². The molecular formula is C17H19N5O3. The van der Waals surface area contributed by atoms with Crippen LogP contribution >= 0.6 is 0 Å². The van der Waals surface area contributed by atoms with E-state index >= 15 is 0 Å². The number of ether oxygens (including phenoxy) is 1. The fourth-order valence-electron chi connectivity index (χ4n) is 3.24. The highest BCUT2D eigenvalue weighted by molar-refractivity contribution is 6.05. The maximum Gasteiger partial charge on any atom is 0.256 e. The van der Waals surface area contributed by atoms with Crippen molar-refractivity contribution in [1.29, 1.82) is 0 Å². The van der Waals surface area contributed by atoms with Crippen molar-refractivity contribution in [2.45, 2.75) is 33.0 Å². The van der Waals surface area contributed by atoms with Crippen molar-refractivity contribution in [3.8, 4) is 0 Å². The number of aromatic amines is 1. The minimum Gasteiger partial charge on any atom is -0.423 e. The number of morpholine rings is 1. The minimum absolute atomic E-state index is 0.0608. The summed E-state index contributed by atoms with van der Waals surface area (Å²) in [6.07, 6.45) is 1.18. The van der Waals surface area contributed by atoms with Gasteiger partial charge in [-0.25, -0.2) is 0 Å². The van der Waals surface area contributed by atoms with Crippen LogP contribution in [0.25, 0.3) is 10.9 Å². The van der Waals surface area contributed by atoms with Gasteiger partial charge < -0.3 is 14.1 Å². The van der Waals surface area contributed by atoms with E-state index in [0.29, 0.717) is 30.4 Å². The van der Waals surface area contributed by atoms with Crippen LogP contribution in [0, 0.1) is 13.8 Å². The number of H-pyrrole nitrogens is 1. The molecule has 1 aromatic carbocycles. The molecule has 0 bridgehead atoms. The van der Waals surface area contributed by atoms with Crippen molar-refractivity contribution in [3.63, 3.8) is 0 Å². The number of fused-ring (bicyclic) bond motifs is 1. The summed E-state index contributed by atoms with van der Waals surface area (Å²) in [5.41, 5.74) is 2.38. The molecule has 0 aliphatic carbocycles. The predicted octanol–water partition coefficient (Wildman–Crippen LogP) is 2.16. The van der Waals surface area contributed by atoms with Crippen LogP contribution in [0.2, 0.25) is 0 Å². The highest BCUT2D eigenvalue weighted by Gasteiger charge is 2.33. The van der Waals surface area contributed by atoms with E-state index in [9.17, 15) is 4.79 Å². The van der Waals surface area contributed by atoms with Crippen LogP contribution in [0.4, 0.5) is 0 Å². The van der Waals surface area contributed by atoms with Crippen molar-refractivity contribution >= 4 is 16.8 Å². The number of aryl methyl sites for hydroxylation is 2. The first-order chi connectivity index (χ1) is 12.0. The average molecular weight is 341 g/mol. The fourth-order valence-corrected chi connectivity index (χ4v) is 3.24. The van der Waals surface area contributed by atoms with Gasteiger partial charge in [0, 0.05) is 18.9 Å². The number of hydrogen-bond acceptors (Lipinski definition) is 6. The van der Waals surface area contributed by atoms with Crippen LogP contribution in [-0.2, 0) is 4.74 Å². The van der Waals surface area contributed by atoms with Gasteiger partial charge in [0.15, 0.2) is 6.10 Å². The Morgan fingerprint density at radius 3 is 2.88 bits per heavy atom. The lowest BCUT2D eigenvalue weighted by Gasteiger charge is -2.35. The summed E-state index contributed by atoms with van der Waals surface area (Å²) >= 11 is 0. The van der Waals surface area contributed by atoms with Gasteiger partial charge >= 0.3 is 0 Å². The van der Waals surface area contributed by atoms with Crippen LogP contribution in [0.1, 0.15) is 40.7 Å². The van der Waals surface area contributed by atoms with Gasteiger partial charge in [-0.05, 0) is 31.5 Å². The van der Waals surface area contributed by atoms with Crippen LogP contribution in [0.5, 0.6) is 0 Å². The Labute approximate surface area is 144 Å². The van der Waals surface area contributed by atoms with Crippen LogP contribution in [-0.4, -0.2) is 50.4 Å². The van der Waals surface area contributed by atoms with E-state index in [1.54, 1.807) is 18.0 Å². The lowest BCUT2D eigenvalue weighted by Crippen LogP contribution is -2.46. The van der Waals surface area contributed by atoms with Gasteiger partial charge in [0.1, 0.15) is 0 Å². The van der Waals surface area contributed by atoms with E-state index in [2.05, 4.69) is 20.4 Å². The molecule has 1 amide bonds. The van der Waals surface area contributed by atoms with E-state index in [1.807, 2.05) is 26.0 Å². The number of nitrogens with one attached hydrogen (secondary N) is 1. The summed E-state index contributed by atoms with van der Waals surface area (Å²) in [6.45, 7) is 6.50. The number of rotatable bonds is 2. The quantitative estimate of drug-likeness (QED) is 0.767. The van der Waals surface area contributed by atoms with Crippen molar-refractivity contribution < 1.29 is 13.9 Å². The Kier molecular flexibility index (Phi) is 3.76. The largest absolute Gasteiger partial charge is 0.423 e. The summed E-state index contributed by atoms with van der Waals surface area (Å²) in [5, 5.41) is 15.8. The SMILES string of the molecule is Cc1cc(C(=O)N2C[C@@H](C)O[C@@H](c3nnc(C)o3)C2)c2[nH]ncc2c1. The van der Waals surface area contributed by atoms with Gasteiger partial charge in [-0.1, -0.05) is 0 Å². The molecule has 3 aromatic rings. The van der Waals surface area contributed by atoms with Crippen LogP contribution < -0.4 is 0 Å². The summed E-state index contributed by atoms with van der Waals surface area (Å²) in [6, 6.07) is 3.89.